The number of carbonyl (C=O) groups excluding carboxylic acids is 1. The molecule has 0 bridgehead atoms. The van der Waals surface area contributed by atoms with Gasteiger partial charge < -0.3 is 4.74 Å². The molecule has 1 aliphatic rings. The second kappa shape index (κ2) is 5.39. The van der Waals surface area contributed by atoms with Crippen LogP contribution >= 0.6 is 11.8 Å². The van der Waals surface area contributed by atoms with Gasteiger partial charge in [-0.15, -0.1) is 0 Å². The van der Waals surface area contributed by atoms with Gasteiger partial charge in [0.05, 0.1) is 7.11 Å². The molecule has 1 aliphatic heterocycles. The Labute approximate surface area is 100 Å². The van der Waals surface area contributed by atoms with Crippen LogP contribution in [-0.2, 0) is 11.2 Å². The van der Waals surface area contributed by atoms with Crippen LogP contribution in [0.3, 0.4) is 0 Å². The predicted octanol–water partition coefficient (Wildman–Crippen LogP) is 2.56. The molecule has 86 valence electrons. The molecule has 0 radical (unpaired) electrons. The van der Waals surface area contributed by atoms with Gasteiger partial charge in [0.25, 0.3) is 0 Å². The van der Waals surface area contributed by atoms with E-state index in [1.54, 1.807) is 7.11 Å². The normalized spacial score (nSPS) is 19.7. The quantitative estimate of drug-likeness (QED) is 0.803. The molecule has 1 saturated heterocycles. The van der Waals surface area contributed by atoms with Crippen molar-refractivity contribution in [2.45, 2.75) is 12.8 Å². The number of para-hydroxylation sites is 1. The van der Waals surface area contributed by atoms with Crippen LogP contribution < -0.4 is 4.74 Å². The summed E-state index contributed by atoms with van der Waals surface area (Å²) < 4.78 is 5.25. The average Bonchev–Trinajstić information content (AvgIpc) is 2.83. The zero-order valence-electron chi connectivity index (χ0n) is 9.44. The highest BCUT2D eigenvalue weighted by molar-refractivity contribution is 7.99. The van der Waals surface area contributed by atoms with E-state index in [-0.39, 0.29) is 5.92 Å². The second-order valence-corrected chi connectivity index (χ2v) is 5.17. The van der Waals surface area contributed by atoms with E-state index in [9.17, 15) is 4.79 Å². The lowest BCUT2D eigenvalue weighted by Crippen LogP contribution is -2.16. The highest BCUT2D eigenvalue weighted by Gasteiger charge is 2.23. The summed E-state index contributed by atoms with van der Waals surface area (Å²) in [6.07, 6.45) is 1.55. The van der Waals surface area contributed by atoms with Crippen LogP contribution in [0.15, 0.2) is 24.3 Å². The maximum Gasteiger partial charge on any atom is 0.141 e. The first-order valence-corrected chi connectivity index (χ1v) is 6.69. The van der Waals surface area contributed by atoms with Gasteiger partial charge in [0.2, 0.25) is 0 Å². The third kappa shape index (κ3) is 2.59. The van der Waals surface area contributed by atoms with E-state index in [0.717, 1.165) is 29.2 Å². The number of benzene rings is 1. The molecular formula is C13H16O2S. The molecule has 0 aromatic heterocycles. The van der Waals surface area contributed by atoms with Gasteiger partial charge in [0.15, 0.2) is 0 Å². The van der Waals surface area contributed by atoms with Crippen molar-refractivity contribution in [2.24, 2.45) is 5.92 Å². The monoisotopic (exact) mass is 236 g/mol. The summed E-state index contributed by atoms with van der Waals surface area (Å²) in [5.41, 5.74) is 1.01. The van der Waals surface area contributed by atoms with Crippen LogP contribution in [0.2, 0.25) is 0 Å². The van der Waals surface area contributed by atoms with Crippen molar-refractivity contribution in [1.82, 2.24) is 0 Å². The van der Waals surface area contributed by atoms with Gasteiger partial charge >= 0.3 is 0 Å². The van der Waals surface area contributed by atoms with Crippen LogP contribution in [0.25, 0.3) is 0 Å². The fraction of sp³-hybridized carbons (Fsp3) is 0.462. The predicted molar refractivity (Wildman–Crippen MR) is 67.1 cm³/mol. The van der Waals surface area contributed by atoms with Gasteiger partial charge in [0, 0.05) is 23.7 Å². The van der Waals surface area contributed by atoms with E-state index in [1.807, 2.05) is 36.0 Å². The summed E-state index contributed by atoms with van der Waals surface area (Å²) in [6, 6.07) is 7.76. The molecule has 2 nitrogen and oxygen atoms in total. The van der Waals surface area contributed by atoms with Gasteiger partial charge in [0.1, 0.15) is 11.5 Å². The molecule has 16 heavy (non-hydrogen) atoms. The largest absolute Gasteiger partial charge is 0.496 e. The lowest BCUT2D eigenvalue weighted by atomic mass is 9.97. The SMILES string of the molecule is COc1ccccc1CC(=O)C1CCSC1. The number of methoxy groups -OCH3 is 1. The first kappa shape index (κ1) is 11.5. The zero-order chi connectivity index (χ0) is 11.4. The molecule has 3 heteroatoms. The third-order valence-electron chi connectivity index (χ3n) is 2.94. The molecule has 0 aliphatic carbocycles. The fourth-order valence-electron chi connectivity index (χ4n) is 1.97. The minimum atomic E-state index is 0.259. The van der Waals surface area contributed by atoms with Crippen molar-refractivity contribution in [1.29, 1.82) is 0 Å². The minimum absolute atomic E-state index is 0.259. The maximum absolute atomic E-state index is 12.0. The van der Waals surface area contributed by atoms with Crippen LogP contribution in [0.1, 0.15) is 12.0 Å². The lowest BCUT2D eigenvalue weighted by molar-refractivity contribution is -0.121. The summed E-state index contributed by atoms with van der Waals surface area (Å²) in [6.45, 7) is 0. The Morgan fingerprint density at radius 3 is 3.00 bits per heavy atom. The lowest BCUT2D eigenvalue weighted by Gasteiger charge is -2.10. The molecule has 0 amide bonds. The Balaban J connectivity index is 2.05. The zero-order valence-corrected chi connectivity index (χ0v) is 10.3. The summed E-state index contributed by atoms with van der Waals surface area (Å²) in [7, 11) is 1.65. The average molecular weight is 236 g/mol. The van der Waals surface area contributed by atoms with E-state index in [2.05, 4.69) is 0 Å². The molecule has 1 atom stereocenters. The van der Waals surface area contributed by atoms with Crippen LogP contribution in [0.4, 0.5) is 0 Å². The number of carbonyl (C=O) groups is 1. The Morgan fingerprint density at radius 1 is 1.50 bits per heavy atom. The smallest absolute Gasteiger partial charge is 0.141 e. The van der Waals surface area contributed by atoms with Gasteiger partial charge in [-0.25, -0.2) is 0 Å². The highest BCUT2D eigenvalue weighted by atomic mass is 32.2. The molecule has 2 rings (SSSR count). The van der Waals surface area contributed by atoms with E-state index >= 15 is 0 Å². The molecule has 1 unspecified atom stereocenters. The van der Waals surface area contributed by atoms with Crippen LogP contribution in [0.5, 0.6) is 5.75 Å². The number of ether oxygens (including phenoxy) is 1. The number of ketones is 1. The van der Waals surface area contributed by atoms with Gasteiger partial charge in [-0.3, -0.25) is 4.79 Å². The Morgan fingerprint density at radius 2 is 2.31 bits per heavy atom. The molecule has 0 spiro atoms. The summed E-state index contributed by atoms with van der Waals surface area (Å²) in [5, 5.41) is 0. The summed E-state index contributed by atoms with van der Waals surface area (Å²) >= 11 is 1.88. The van der Waals surface area contributed by atoms with Gasteiger partial charge in [-0.1, -0.05) is 18.2 Å². The maximum atomic E-state index is 12.0. The Bertz CT molecular complexity index is 370. The van der Waals surface area contributed by atoms with Crippen molar-refractivity contribution < 1.29 is 9.53 Å². The summed E-state index contributed by atoms with van der Waals surface area (Å²) in [4.78, 5) is 12.0. The van der Waals surface area contributed by atoms with Crippen LogP contribution in [-0.4, -0.2) is 24.4 Å². The molecule has 1 fully saturated rings. The highest BCUT2D eigenvalue weighted by Crippen LogP contribution is 2.27. The number of hydrogen-bond acceptors (Lipinski definition) is 3. The van der Waals surface area contributed by atoms with Crippen LogP contribution in [0, 0.1) is 5.92 Å². The van der Waals surface area contributed by atoms with E-state index < -0.39 is 0 Å². The Kier molecular flexibility index (Phi) is 3.88. The molecule has 1 heterocycles. The number of rotatable bonds is 4. The van der Waals surface area contributed by atoms with E-state index in [4.69, 9.17) is 4.74 Å². The third-order valence-corrected chi connectivity index (χ3v) is 4.10. The van der Waals surface area contributed by atoms with Gasteiger partial charge in [-0.05, 0) is 18.2 Å². The van der Waals surface area contributed by atoms with E-state index in [1.165, 1.54) is 0 Å². The molecule has 1 aromatic carbocycles. The number of Topliss-reactive ketones (excluding diaryl/α,β-unsaturated/α-hetero) is 1. The van der Waals surface area contributed by atoms with Crippen molar-refractivity contribution in [3.8, 4) is 5.75 Å². The molecule has 1 aromatic rings. The standard InChI is InChI=1S/C13H16O2S/c1-15-13-5-3-2-4-10(13)8-12(14)11-6-7-16-9-11/h2-5,11H,6-9H2,1H3. The van der Waals surface area contributed by atoms with Crippen molar-refractivity contribution in [3.63, 3.8) is 0 Å². The molecule has 0 N–H and O–H groups in total. The topological polar surface area (TPSA) is 26.3 Å². The first-order valence-electron chi connectivity index (χ1n) is 5.53. The number of hydrogen-bond donors (Lipinski definition) is 0. The van der Waals surface area contributed by atoms with Gasteiger partial charge in [-0.2, -0.15) is 11.8 Å². The summed E-state index contributed by atoms with van der Waals surface area (Å²) in [5.74, 6) is 3.56. The van der Waals surface area contributed by atoms with Crippen molar-refractivity contribution in [3.05, 3.63) is 29.8 Å². The number of thioether (sulfide) groups is 1. The van der Waals surface area contributed by atoms with Crippen molar-refractivity contribution in [2.75, 3.05) is 18.6 Å². The first-order chi connectivity index (χ1) is 7.81. The Hall–Kier alpha value is -0.960. The fourth-order valence-corrected chi connectivity index (χ4v) is 3.22. The molecule has 0 saturated carbocycles. The van der Waals surface area contributed by atoms with Crippen molar-refractivity contribution >= 4 is 17.5 Å². The minimum Gasteiger partial charge on any atom is -0.496 e. The second-order valence-electron chi connectivity index (χ2n) is 4.02. The molecular weight excluding hydrogens is 220 g/mol. The van der Waals surface area contributed by atoms with E-state index in [0.29, 0.717) is 12.2 Å².